The Morgan fingerprint density at radius 1 is 1.23 bits per heavy atom. The van der Waals surface area contributed by atoms with Crippen molar-refractivity contribution in [3.05, 3.63) is 0 Å². The van der Waals surface area contributed by atoms with E-state index >= 15 is 0 Å². The van der Waals surface area contributed by atoms with Gasteiger partial charge in [0.1, 0.15) is 11.6 Å². The molecule has 0 aromatic rings. The molecule has 7 heteroatoms. The smallest absolute Gasteiger partial charge is 0.327 e. The van der Waals surface area contributed by atoms with Gasteiger partial charge < -0.3 is 20.1 Å². The number of ether oxygens (including phenoxy) is 1. The van der Waals surface area contributed by atoms with E-state index in [9.17, 15) is 19.5 Å². The predicted molar refractivity (Wildman–Crippen MR) is 82.3 cm³/mol. The number of nitrogens with zero attached hydrogens (tertiary/aromatic N) is 1. The van der Waals surface area contributed by atoms with Crippen LogP contribution in [0.4, 0.5) is 0 Å². The van der Waals surface area contributed by atoms with Crippen molar-refractivity contribution in [2.75, 3.05) is 14.1 Å². The molecule has 0 radical (unpaired) electrons. The zero-order chi connectivity index (χ0) is 17.7. The fourth-order valence-corrected chi connectivity index (χ4v) is 2.05. The summed E-state index contributed by atoms with van der Waals surface area (Å²) in [7, 11) is 3.03. The summed E-state index contributed by atoms with van der Waals surface area (Å²) >= 11 is 0. The van der Waals surface area contributed by atoms with Gasteiger partial charge in [0.15, 0.2) is 0 Å². The van der Waals surface area contributed by atoms with E-state index in [4.69, 9.17) is 4.74 Å². The molecule has 0 aliphatic rings. The van der Waals surface area contributed by atoms with Gasteiger partial charge in [0.25, 0.3) is 0 Å². The fraction of sp³-hybridized carbons (Fsp3) is 0.800. The number of rotatable bonds is 7. The maximum atomic E-state index is 12.4. The van der Waals surface area contributed by atoms with Gasteiger partial charge in [0.05, 0.1) is 12.5 Å². The molecule has 0 unspecified atom stereocenters. The van der Waals surface area contributed by atoms with Crippen LogP contribution >= 0.6 is 0 Å². The van der Waals surface area contributed by atoms with E-state index in [-0.39, 0.29) is 18.2 Å². The van der Waals surface area contributed by atoms with Crippen LogP contribution in [0.5, 0.6) is 0 Å². The van der Waals surface area contributed by atoms with Crippen molar-refractivity contribution in [1.29, 1.82) is 0 Å². The summed E-state index contributed by atoms with van der Waals surface area (Å²) in [6.45, 7) is 8.81. The molecular formula is C15H28N2O5. The maximum absolute atomic E-state index is 12.4. The number of carbonyl (C=O) groups excluding carboxylic acids is 2. The average Bonchev–Trinajstić information content (AvgIpc) is 2.32. The summed E-state index contributed by atoms with van der Waals surface area (Å²) in [5, 5.41) is 12.2. The fourth-order valence-electron chi connectivity index (χ4n) is 2.05. The van der Waals surface area contributed by atoms with Gasteiger partial charge in [0, 0.05) is 7.05 Å². The Bertz CT molecular complexity index is 415. The molecule has 0 aliphatic carbocycles. The summed E-state index contributed by atoms with van der Waals surface area (Å²) in [6.07, 6.45) is -0.386. The first-order valence-electron chi connectivity index (χ1n) is 7.29. The van der Waals surface area contributed by atoms with E-state index in [1.54, 1.807) is 27.8 Å². The standard InChI is InChI=1S/C15H28N2O5/c1-9(2)12(16-6)13(19)17(7)10(14(20)21)8-11(18)22-15(3,4)5/h9-10,12,16H,8H2,1-7H3,(H,20,21)/t10-,12-/m0/s1. The number of likely N-dealkylation sites (N-methyl/N-ethyl adjacent to an activating group) is 2. The van der Waals surface area contributed by atoms with Crippen LogP contribution < -0.4 is 5.32 Å². The van der Waals surface area contributed by atoms with E-state index in [1.807, 2.05) is 13.8 Å². The molecule has 0 aromatic carbocycles. The molecule has 0 rings (SSSR count). The summed E-state index contributed by atoms with van der Waals surface area (Å²) in [5.41, 5.74) is -0.700. The van der Waals surface area contributed by atoms with Gasteiger partial charge in [-0.2, -0.15) is 0 Å². The van der Waals surface area contributed by atoms with Crippen LogP contribution in [0.25, 0.3) is 0 Å². The van der Waals surface area contributed by atoms with Crippen molar-refractivity contribution >= 4 is 17.8 Å². The first kappa shape index (κ1) is 20.4. The van der Waals surface area contributed by atoms with Crippen LogP contribution in [-0.4, -0.2) is 59.6 Å². The molecule has 0 saturated heterocycles. The molecular weight excluding hydrogens is 288 g/mol. The Morgan fingerprint density at radius 3 is 2.05 bits per heavy atom. The van der Waals surface area contributed by atoms with Crippen LogP contribution in [0.1, 0.15) is 41.0 Å². The van der Waals surface area contributed by atoms with Gasteiger partial charge in [-0.3, -0.25) is 9.59 Å². The Labute approximate surface area is 132 Å². The first-order chi connectivity index (χ1) is 9.90. The molecule has 2 N–H and O–H groups in total. The molecule has 0 fully saturated rings. The molecule has 0 saturated carbocycles. The number of hydrogen-bond acceptors (Lipinski definition) is 5. The molecule has 1 amide bonds. The van der Waals surface area contributed by atoms with E-state index in [2.05, 4.69) is 5.32 Å². The van der Waals surface area contributed by atoms with Crippen LogP contribution in [0.2, 0.25) is 0 Å². The summed E-state index contributed by atoms with van der Waals surface area (Å²) in [6, 6.07) is -1.76. The number of amides is 1. The third-order valence-corrected chi connectivity index (χ3v) is 3.12. The Kier molecular flexibility index (Phi) is 7.52. The molecule has 7 nitrogen and oxygen atoms in total. The predicted octanol–water partition coefficient (Wildman–Crippen LogP) is 0.874. The zero-order valence-electron chi connectivity index (χ0n) is 14.5. The SMILES string of the molecule is CN[C@H](C(=O)N(C)[C@@H](CC(=O)OC(C)(C)C)C(=O)O)C(C)C. The quantitative estimate of drug-likeness (QED) is 0.677. The molecule has 0 heterocycles. The highest BCUT2D eigenvalue weighted by atomic mass is 16.6. The van der Waals surface area contributed by atoms with Gasteiger partial charge in [-0.15, -0.1) is 0 Å². The van der Waals surface area contributed by atoms with Crippen molar-refractivity contribution in [3.8, 4) is 0 Å². The normalized spacial score (nSPS) is 14.4. The monoisotopic (exact) mass is 316 g/mol. The van der Waals surface area contributed by atoms with Crippen LogP contribution in [0, 0.1) is 5.92 Å². The lowest BCUT2D eigenvalue weighted by Crippen LogP contribution is -2.52. The number of carbonyl (C=O) groups is 3. The average molecular weight is 316 g/mol. The minimum absolute atomic E-state index is 0.00378. The van der Waals surface area contributed by atoms with Gasteiger partial charge in [-0.25, -0.2) is 4.79 Å². The number of carboxylic acids is 1. The third-order valence-electron chi connectivity index (χ3n) is 3.12. The largest absolute Gasteiger partial charge is 0.480 e. The van der Waals surface area contributed by atoms with E-state index in [1.165, 1.54) is 7.05 Å². The second-order valence-corrected chi connectivity index (χ2v) is 6.60. The Balaban J connectivity index is 5.06. The highest BCUT2D eigenvalue weighted by molar-refractivity contribution is 5.89. The number of carboxylic acid groups (broad SMARTS) is 1. The second-order valence-electron chi connectivity index (χ2n) is 6.60. The van der Waals surface area contributed by atoms with Crippen LogP contribution in [0.15, 0.2) is 0 Å². The maximum Gasteiger partial charge on any atom is 0.327 e. The lowest BCUT2D eigenvalue weighted by atomic mass is 10.0. The van der Waals surface area contributed by atoms with Gasteiger partial charge >= 0.3 is 11.9 Å². The van der Waals surface area contributed by atoms with Crippen molar-refractivity contribution in [2.24, 2.45) is 5.92 Å². The molecule has 0 aromatic heterocycles. The number of hydrogen-bond donors (Lipinski definition) is 2. The minimum atomic E-state index is -1.25. The van der Waals surface area contributed by atoms with Crippen molar-refractivity contribution < 1.29 is 24.2 Å². The van der Waals surface area contributed by atoms with Gasteiger partial charge in [-0.05, 0) is 33.7 Å². The first-order valence-corrected chi connectivity index (χ1v) is 7.29. The zero-order valence-corrected chi connectivity index (χ0v) is 14.5. The van der Waals surface area contributed by atoms with Crippen molar-refractivity contribution in [2.45, 2.75) is 58.7 Å². The minimum Gasteiger partial charge on any atom is -0.480 e. The molecule has 0 aliphatic heterocycles. The molecule has 22 heavy (non-hydrogen) atoms. The van der Waals surface area contributed by atoms with Crippen molar-refractivity contribution in [1.82, 2.24) is 10.2 Å². The molecule has 0 bridgehead atoms. The molecule has 0 spiro atoms. The van der Waals surface area contributed by atoms with Gasteiger partial charge in [0.2, 0.25) is 5.91 Å². The Morgan fingerprint density at radius 2 is 1.73 bits per heavy atom. The number of nitrogens with one attached hydrogen (secondary N) is 1. The molecule has 128 valence electrons. The van der Waals surface area contributed by atoms with Crippen LogP contribution in [0.3, 0.4) is 0 Å². The Hall–Kier alpha value is -1.63. The van der Waals surface area contributed by atoms with Crippen molar-refractivity contribution in [3.63, 3.8) is 0 Å². The third kappa shape index (κ3) is 6.43. The topological polar surface area (TPSA) is 95.9 Å². The van der Waals surface area contributed by atoms with Gasteiger partial charge in [-0.1, -0.05) is 13.8 Å². The summed E-state index contributed by atoms with van der Waals surface area (Å²) < 4.78 is 5.13. The highest BCUT2D eigenvalue weighted by Crippen LogP contribution is 2.14. The lowest BCUT2D eigenvalue weighted by molar-refractivity contribution is -0.162. The molecule has 2 atom stereocenters. The number of aliphatic carboxylic acids is 1. The highest BCUT2D eigenvalue weighted by Gasteiger charge is 2.34. The number of esters is 1. The van der Waals surface area contributed by atoms with E-state index < -0.39 is 29.6 Å². The van der Waals surface area contributed by atoms with Crippen LogP contribution in [-0.2, 0) is 19.1 Å². The lowest BCUT2D eigenvalue weighted by Gasteiger charge is -2.30. The summed E-state index contributed by atoms with van der Waals surface area (Å²) in [4.78, 5) is 36.7. The second kappa shape index (κ2) is 8.12. The van der Waals surface area contributed by atoms with E-state index in [0.29, 0.717) is 0 Å². The van der Waals surface area contributed by atoms with E-state index in [0.717, 1.165) is 4.90 Å². The summed E-state index contributed by atoms with van der Waals surface area (Å²) in [5.74, 6) is -2.25.